The molecule has 0 spiro atoms. The van der Waals surface area contributed by atoms with E-state index in [2.05, 4.69) is 13.8 Å². The SMILES string of the molecule is CCC(C)CC(C)(O)C=CC(C)=O. The van der Waals surface area contributed by atoms with Gasteiger partial charge in [0, 0.05) is 0 Å². The Morgan fingerprint density at radius 3 is 2.54 bits per heavy atom. The fourth-order valence-electron chi connectivity index (χ4n) is 1.21. The van der Waals surface area contributed by atoms with E-state index in [0.717, 1.165) is 6.42 Å². The Balaban J connectivity index is 4.14. The van der Waals surface area contributed by atoms with Gasteiger partial charge in [-0.25, -0.2) is 0 Å². The summed E-state index contributed by atoms with van der Waals surface area (Å²) >= 11 is 0. The Morgan fingerprint density at radius 2 is 2.15 bits per heavy atom. The molecule has 2 nitrogen and oxygen atoms in total. The van der Waals surface area contributed by atoms with Crippen molar-refractivity contribution in [3.05, 3.63) is 12.2 Å². The van der Waals surface area contributed by atoms with E-state index in [9.17, 15) is 9.90 Å². The highest BCUT2D eigenvalue weighted by molar-refractivity contribution is 5.87. The topological polar surface area (TPSA) is 37.3 Å². The number of hydrogen-bond acceptors (Lipinski definition) is 2. The molecule has 0 aromatic carbocycles. The van der Waals surface area contributed by atoms with Crippen molar-refractivity contribution in [1.29, 1.82) is 0 Å². The summed E-state index contributed by atoms with van der Waals surface area (Å²) in [7, 11) is 0. The molecule has 0 saturated heterocycles. The van der Waals surface area contributed by atoms with E-state index in [1.54, 1.807) is 13.0 Å². The van der Waals surface area contributed by atoms with Crippen LogP contribution in [0, 0.1) is 5.92 Å². The van der Waals surface area contributed by atoms with Gasteiger partial charge in [0.05, 0.1) is 5.60 Å². The molecule has 0 bridgehead atoms. The lowest BCUT2D eigenvalue weighted by Gasteiger charge is -2.22. The minimum absolute atomic E-state index is 0.0237. The van der Waals surface area contributed by atoms with Crippen LogP contribution in [0.2, 0.25) is 0 Å². The Bertz CT molecular complexity index is 192. The zero-order chi connectivity index (χ0) is 10.5. The van der Waals surface area contributed by atoms with Crippen LogP contribution in [0.15, 0.2) is 12.2 Å². The first-order chi connectivity index (χ1) is 5.87. The van der Waals surface area contributed by atoms with Crippen molar-refractivity contribution in [2.75, 3.05) is 0 Å². The molecule has 0 aromatic rings. The summed E-state index contributed by atoms with van der Waals surface area (Å²) in [4.78, 5) is 10.6. The van der Waals surface area contributed by atoms with Crippen molar-refractivity contribution in [3.63, 3.8) is 0 Å². The Morgan fingerprint density at radius 1 is 1.62 bits per heavy atom. The highest BCUT2D eigenvalue weighted by Gasteiger charge is 2.19. The molecule has 0 aliphatic carbocycles. The van der Waals surface area contributed by atoms with Crippen molar-refractivity contribution >= 4 is 5.78 Å². The van der Waals surface area contributed by atoms with E-state index in [0.29, 0.717) is 12.3 Å². The third-order valence-corrected chi connectivity index (χ3v) is 2.14. The minimum Gasteiger partial charge on any atom is -0.386 e. The second-order valence-electron chi connectivity index (χ2n) is 4.02. The first-order valence-corrected chi connectivity index (χ1v) is 4.79. The summed E-state index contributed by atoms with van der Waals surface area (Å²) < 4.78 is 0. The van der Waals surface area contributed by atoms with Crippen molar-refractivity contribution in [2.24, 2.45) is 5.92 Å². The molecule has 0 rings (SSSR count). The second-order valence-corrected chi connectivity index (χ2v) is 4.02. The zero-order valence-electron chi connectivity index (χ0n) is 9.00. The van der Waals surface area contributed by atoms with Crippen LogP contribution in [0.3, 0.4) is 0 Å². The number of aliphatic hydroxyl groups is 1. The van der Waals surface area contributed by atoms with Gasteiger partial charge >= 0.3 is 0 Å². The Kier molecular flexibility index (Phi) is 4.92. The third kappa shape index (κ3) is 6.52. The average molecular weight is 184 g/mol. The Labute approximate surface area is 80.7 Å². The lowest BCUT2D eigenvalue weighted by molar-refractivity contribution is -0.112. The molecule has 0 amide bonds. The van der Waals surface area contributed by atoms with Gasteiger partial charge in [-0.05, 0) is 38.3 Å². The van der Waals surface area contributed by atoms with E-state index in [1.807, 2.05) is 0 Å². The minimum atomic E-state index is -0.846. The lowest BCUT2D eigenvalue weighted by Crippen LogP contribution is -2.24. The summed E-state index contributed by atoms with van der Waals surface area (Å²) in [6.07, 6.45) is 4.77. The van der Waals surface area contributed by atoms with Gasteiger partial charge in [-0.15, -0.1) is 0 Å². The van der Waals surface area contributed by atoms with E-state index >= 15 is 0 Å². The van der Waals surface area contributed by atoms with Crippen LogP contribution in [-0.2, 0) is 4.79 Å². The average Bonchev–Trinajstić information content (AvgIpc) is 2.00. The van der Waals surface area contributed by atoms with Crippen LogP contribution in [0.25, 0.3) is 0 Å². The number of carbonyl (C=O) groups excluding carboxylic acids is 1. The number of hydrogen-bond donors (Lipinski definition) is 1. The summed E-state index contributed by atoms with van der Waals surface area (Å²) in [6.45, 7) is 7.40. The number of allylic oxidation sites excluding steroid dienone is 1. The van der Waals surface area contributed by atoms with Crippen LogP contribution in [0.4, 0.5) is 0 Å². The Hall–Kier alpha value is -0.630. The first-order valence-electron chi connectivity index (χ1n) is 4.79. The number of ketones is 1. The maximum atomic E-state index is 10.6. The maximum Gasteiger partial charge on any atom is 0.152 e. The predicted octanol–water partition coefficient (Wildman–Crippen LogP) is 2.32. The standard InChI is InChI=1S/C11H20O2/c1-5-9(2)8-11(4,13)7-6-10(3)12/h6-7,9,13H,5,8H2,1-4H3. The first kappa shape index (κ1) is 12.4. The van der Waals surface area contributed by atoms with Gasteiger partial charge in [0.25, 0.3) is 0 Å². The van der Waals surface area contributed by atoms with E-state index < -0.39 is 5.60 Å². The van der Waals surface area contributed by atoms with E-state index in [-0.39, 0.29) is 5.78 Å². The largest absolute Gasteiger partial charge is 0.386 e. The van der Waals surface area contributed by atoms with Gasteiger partial charge in [0.2, 0.25) is 0 Å². The summed E-state index contributed by atoms with van der Waals surface area (Å²) in [5.74, 6) is 0.455. The van der Waals surface area contributed by atoms with Gasteiger partial charge in [0.15, 0.2) is 5.78 Å². The molecule has 2 atom stereocenters. The predicted molar refractivity (Wildman–Crippen MR) is 54.5 cm³/mol. The van der Waals surface area contributed by atoms with Crippen LogP contribution < -0.4 is 0 Å². The van der Waals surface area contributed by atoms with Crippen molar-refractivity contribution in [1.82, 2.24) is 0 Å². The fraction of sp³-hybridized carbons (Fsp3) is 0.727. The lowest BCUT2D eigenvalue weighted by atomic mass is 9.91. The smallest absolute Gasteiger partial charge is 0.152 e. The quantitative estimate of drug-likeness (QED) is 0.666. The monoisotopic (exact) mass is 184 g/mol. The van der Waals surface area contributed by atoms with Gasteiger partial charge in [-0.2, -0.15) is 0 Å². The molecule has 0 aromatic heterocycles. The van der Waals surface area contributed by atoms with Crippen molar-refractivity contribution < 1.29 is 9.90 Å². The zero-order valence-corrected chi connectivity index (χ0v) is 9.00. The molecule has 0 heterocycles. The number of rotatable bonds is 5. The molecular weight excluding hydrogens is 164 g/mol. The van der Waals surface area contributed by atoms with Crippen molar-refractivity contribution in [2.45, 2.75) is 46.1 Å². The summed E-state index contributed by atoms with van der Waals surface area (Å²) in [6, 6.07) is 0. The molecular formula is C11H20O2. The van der Waals surface area contributed by atoms with Crippen LogP contribution >= 0.6 is 0 Å². The van der Waals surface area contributed by atoms with Crippen LogP contribution in [0.1, 0.15) is 40.5 Å². The van der Waals surface area contributed by atoms with Crippen LogP contribution in [-0.4, -0.2) is 16.5 Å². The van der Waals surface area contributed by atoms with Crippen LogP contribution in [0.5, 0.6) is 0 Å². The number of carbonyl (C=O) groups is 1. The van der Waals surface area contributed by atoms with E-state index in [1.165, 1.54) is 13.0 Å². The molecule has 76 valence electrons. The molecule has 13 heavy (non-hydrogen) atoms. The van der Waals surface area contributed by atoms with Gasteiger partial charge < -0.3 is 5.11 Å². The fourth-order valence-corrected chi connectivity index (χ4v) is 1.21. The summed E-state index contributed by atoms with van der Waals surface area (Å²) in [5.41, 5.74) is -0.846. The summed E-state index contributed by atoms with van der Waals surface area (Å²) in [5, 5.41) is 9.83. The van der Waals surface area contributed by atoms with Gasteiger partial charge in [-0.1, -0.05) is 20.3 Å². The highest BCUT2D eigenvalue weighted by Crippen LogP contribution is 2.19. The molecule has 0 fully saturated rings. The molecule has 2 heteroatoms. The molecule has 0 aliphatic rings. The normalized spacial score (nSPS) is 18.5. The van der Waals surface area contributed by atoms with Crippen molar-refractivity contribution in [3.8, 4) is 0 Å². The second kappa shape index (κ2) is 5.18. The molecule has 1 N–H and O–H groups in total. The molecule has 0 saturated carbocycles. The van der Waals surface area contributed by atoms with E-state index in [4.69, 9.17) is 0 Å². The molecule has 2 unspecified atom stereocenters. The van der Waals surface area contributed by atoms with Gasteiger partial charge in [0.1, 0.15) is 0 Å². The third-order valence-electron chi connectivity index (χ3n) is 2.14. The highest BCUT2D eigenvalue weighted by atomic mass is 16.3. The maximum absolute atomic E-state index is 10.6. The molecule has 0 aliphatic heterocycles. The van der Waals surface area contributed by atoms with Gasteiger partial charge in [-0.3, -0.25) is 4.79 Å². The molecule has 0 radical (unpaired) electrons.